The Balaban J connectivity index is 2.08. The first-order valence-corrected chi connectivity index (χ1v) is 8.96. The lowest BCUT2D eigenvalue weighted by atomic mass is 10.2. The predicted octanol–water partition coefficient (Wildman–Crippen LogP) is 1.99. The lowest BCUT2D eigenvalue weighted by Crippen LogP contribution is -2.40. The number of benzene rings is 1. The molecule has 118 valence electrons. The topological polar surface area (TPSA) is 75.4 Å². The molecule has 1 aromatic carbocycles. The second-order valence-electron chi connectivity index (χ2n) is 5.56. The molecule has 1 fully saturated rings. The maximum absolute atomic E-state index is 12.3. The van der Waals surface area contributed by atoms with Crippen molar-refractivity contribution in [3.8, 4) is 0 Å². The molecule has 1 atom stereocenters. The summed E-state index contributed by atoms with van der Waals surface area (Å²) < 4.78 is 27.3. The second-order valence-corrected chi connectivity index (χ2v) is 7.74. The number of nitrogen functional groups attached to an aromatic ring is 1. The lowest BCUT2D eigenvalue weighted by molar-refractivity contribution is 0.260. The number of sulfonamides is 1. The van der Waals surface area contributed by atoms with Gasteiger partial charge in [-0.2, -0.15) is 0 Å². The molecule has 3 N–H and O–H groups in total. The first-order valence-electron chi connectivity index (χ1n) is 7.10. The Morgan fingerprint density at radius 3 is 2.57 bits per heavy atom. The molecule has 1 aromatic rings. The Bertz CT molecular complexity index is 590. The monoisotopic (exact) mass is 331 g/mol. The summed E-state index contributed by atoms with van der Waals surface area (Å²) in [4.78, 5) is 2.41. The lowest BCUT2D eigenvalue weighted by Gasteiger charge is -2.23. The summed E-state index contributed by atoms with van der Waals surface area (Å²) >= 11 is 6.01. The van der Waals surface area contributed by atoms with Crippen molar-refractivity contribution in [2.24, 2.45) is 0 Å². The molecule has 0 amide bonds. The molecular weight excluding hydrogens is 310 g/mol. The van der Waals surface area contributed by atoms with Gasteiger partial charge in [0.1, 0.15) is 0 Å². The number of hydrogen-bond donors (Lipinski definition) is 2. The minimum atomic E-state index is -3.59. The standard InChI is InChI=1S/C14H22ClN3O2S/c1-10(18-5-3-4-6-18)9-17-21(19,20)12-7-13(15)11(2)14(16)8-12/h7-8,10,17H,3-6,9,16H2,1-2H3. The number of hydrogen-bond acceptors (Lipinski definition) is 4. The van der Waals surface area contributed by atoms with Crippen molar-refractivity contribution >= 4 is 27.3 Å². The van der Waals surface area contributed by atoms with Gasteiger partial charge in [-0.25, -0.2) is 13.1 Å². The summed E-state index contributed by atoms with van der Waals surface area (Å²) in [5, 5.41) is 0.364. The predicted molar refractivity (Wildman–Crippen MR) is 86.1 cm³/mol. The Morgan fingerprint density at radius 2 is 2.00 bits per heavy atom. The fraction of sp³-hybridized carbons (Fsp3) is 0.571. The first kappa shape index (κ1) is 16.5. The van der Waals surface area contributed by atoms with Gasteiger partial charge < -0.3 is 5.73 Å². The zero-order chi connectivity index (χ0) is 15.6. The highest BCUT2D eigenvalue weighted by atomic mass is 35.5. The van der Waals surface area contributed by atoms with E-state index in [1.165, 1.54) is 25.0 Å². The average molecular weight is 332 g/mol. The van der Waals surface area contributed by atoms with Gasteiger partial charge >= 0.3 is 0 Å². The summed E-state index contributed by atoms with van der Waals surface area (Å²) in [5.41, 5.74) is 6.87. The molecule has 0 bridgehead atoms. The van der Waals surface area contributed by atoms with Gasteiger partial charge in [0.05, 0.1) is 4.90 Å². The van der Waals surface area contributed by atoms with Gasteiger partial charge in [0.15, 0.2) is 0 Å². The van der Waals surface area contributed by atoms with Crippen LogP contribution in [0.15, 0.2) is 17.0 Å². The normalized spacial score (nSPS) is 18.0. The molecule has 1 aliphatic rings. The van der Waals surface area contributed by atoms with Crippen molar-refractivity contribution in [1.29, 1.82) is 0 Å². The molecule has 0 aromatic heterocycles. The van der Waals surface area contributed by atoms with Gasteiger partial charge in [0, 0.05) is 23.3 Å². The number of halogens is 1. The number of anilines is 1. The molecule has 1 saturated heterocycles. The minimum absolute atomic E-state index is 0.115. The SMILES string of the molecule is Cc1c(N)cc(S(=O)(=O)NCC(C)N2CCCC2)cc1Cl. The van der Waals surface area contributed by atoms with Crippen LogP contribution in [-0.4, -0.2) is 39.0 Å². The Kier molecular flexibility index (Phi) is 5.14. The molecular formula is C14H22ClN3O2S. The second kappa shape index (κ2) is 6.52. The molecule has 21 heavy (non-hydrogen) atoms. The Morgan fingerprint density at radius 1 is 1.38 bits per heavy atom. The molecule has 0 spiro atoms. The number of nitrogens with one attached hydrogen (secondary N) is 1. The smallest absolute Gasteiger partial charge is 0.240 e. The third-order valence-electron chi connectivity index (χ3n) is 4.00. The molecule has 0 radical (unpaired) electrons. The van der Waals surface area contributed by atoms with Crippen molar-refractivity contribution in [1.82, 2.24) is 9.62 Å². The molecule has 2 rings (SSSR count). The van der Waals surface area contributed by atoms with Crippen molar-refractivity contribution in [3.63, 3.8) is 0 Å². The van der Waals surface area contributed by atoms with Crippen LogP contribution in [0.4, 0.5) is 5.69 Å². The molecule has 1 unspecified atom stereocenters. The van der Waals surface area contributed by atoms with Crippen LogP contribution in [0.1, 0.15) is 25.3 Å². The van der Waals surface area contributed by atoms with E-state index in [9.17, 15) is 8.42 Å². The summed E-state index contributed by atoms with van der Waals surface area (Å²) in [6.07, 6.45) is 2.36. The van der Waals surface area contributed by atoms with E-state index in [2.05, 4.69) is 9.62 Å². The molecule has 1 aliphatic heterocycles. The van der Waals surface area contributed by atoms with Crippen LogP contribution in [0.3, 0.4) is 0 Å². The summed E-state index contributed by atoms with van der Waals surface area (Å²) in [7, 11) is -3.59. The zero-order valence-electron chi connectivity index (χ0n) is 12.4. The van der Waals surface area contributed by atoms with Crippen LogP contribution in [-0.2, 0) is 10.0 Å². The highest BCUT2D eigenvalue weighted by Crippen LogP contribution is 2.25. The minimum Gasteiger partial charge on any atom is -0.398 e. The third kappa shape index (κ3) is 3.88. The number of nitrogens with two attached hydrogens (primary N) is 1. The maximum Gasteiger partial charge on any atom is 0.240 e. The van der Waals surface area contributed by atoms with Crippen LogP contribution < -0.4 is 10.5 Å². The summed E-state index contributed by atoms with van der Waals surface area (Å²) in [5.74, 6) is 0. The van der Waals surface area contributed by atoms with E-state index in [0.717, 1.165) is 13.1 Å². The van der Waals surface area contributed by atoms with Gasteiger partial charge in [-0.1, -0.05) is 11.6 Å². The quantitative estimate of drug-likeness (QED) is 0.809. The van der Waals surface area contributed by atoms with Crippen molar-refractivity contribution < 1.29 is 8.42 Å². The molecule has 7 heteroatoms. The first-order chi connectivity index (χ1) is 9.81. The van der Waals surface area contributed by atoms with Crippen LogP contribution >= 0.6 is 11.6 Å². The number of rotatable bonds is 5. The van der Waals surface area contributed by atoms with Gasteiger partial charge in [-0.05, 0) is 57.5 Å². The fourth-order valence-corrected chi connectivity index (χ4v) is 3.93. The van der Waals surface area contributed by atoms with E-state index in [1.807, 2.05) is 6.92 Å². The van der Waals surface area contributed by atoms with Crippen molar-refractivity contribution in [2.45, 2.75) is 37.6 Å². The summed E-state index contributed by atoms with van der Waals surface area (Å²) in [6, 6.07) is 3.07. The third-order valence-corrected chi connectivity index (χ3v) is 5.80. The highest BCUT2D eigenvalue weighted by molar-refractivity contribution is 7.89. The van der Waals surface area contributed by atoms with Gasteiger partial charge in [-0.15, -0.1) is 0 Å². The van der Waals surface area contributed by atoms with E-state index in [-0.39, 0.29) is 10.9 Å². The van der Waals surface area contributed by atoms with Crippen molar-refractivity contribution in [3.05, 3.63) is 22.7 Å². The molecule has 1 heterocycles. The van der Waals surface area contributed by atoms with Gasteiger partial charge in [0.25, 0.3) is 0 Å². The van der Waals surface area contributed by atoms with Crippen LogP contribution in [0.2, 0.25) is 5.02 Å². The summed E-state index contributed by atoms with van der Waals surface area (Å²) in [6.45, 7) is 6.24. The van der Waals surface area contributed by atoms with Crippen LogP contribution in [0.25, 0.3) is 0 Å². The number of nitrogens with zero attached hydrogens (tertiary/aromatic N) is 1. The largest absolute Gasteiger partial charge is 0.398 e. The van der Waals surface area contributed by atoms with Crippen LogP contribution in [0.5, 0.6) is 0 Å². The van der Waals surface area contributed by atoms with Gasteiger partial charge in [-0.3, -0.25) is 4.90 Å². The number of likely N-dealkylation sites (tertiary alicyclic amines) is 1. The molecule has 0 saturated carbocycles. The average Bonchev–Trinajstić information content (AvgIpc) is 2.95. The van der Waals surface area contributed by atoms with E-state index >= 15 is 0 Å². The Labute approximate surface area is 131 Å². The Hall–Kier alpha value is -0.820. The molecule has 5 nitrogen and oxygen atoms in total. The van der Waals surface area contributed by atoms with Gasteiger partial charge in [0.2, 0.25) is 10.0 Å². The van der Waals surface area contributed by atoms with Crippen LogP contribution in [0, 0.1) is 6.92 Å². The van der Waals surface area contributed by atoms with Crippen molar-refractivity contribution in [2.75, 3.05) is 25.4 Å². The van der Waals surface area contributed by atoms with E-state index in [0.29, 0.717) is 22.8 Å². The van der Waals surface area contributed by atoms with E-state index in [4.69, 9.17) is 17.3 Å². The van der Waals surface area contributed by atoms with E-state index < -0.39 is 10.0 Å². The molecule has 0 aliphatic carbocycles. The maximum atomic E-state index is 12.3. The zero-order valence-corrected chi connectivity index (χ0v) is 14.0. The highest BCUT2D eigenvalue weighted by Gasteiger charge is 2.21. The fourth-order valence-electron chi connectivity index (χ4n) is 2.45. The van der Waals surface area contributed by atoms with E-state index in [1.54, 1.807) is 6.92 Å².